The number of aryl methyl sites for hydroxylation is 1. The molecule has 0 bridgehead atoms. The van der Waals surface area contributed by atoms with Gasteiger partial charge in [-0.1, -0.05) is 12.1 Å². The smallest absolute Gasteiger partial charge is 0.278 e. The van der Waals surface area contributed by atoms with Crippen molar-refractivity contribution in [3.8, 4) is 5.75 Å². The fraction of sp³-hybridized carbons (Fsp3) is 0.389. The van der Waals surface area contributed by atoms with Crippen LogP contribution in [0.1, 0.15) is 24.0 Å². The number of hydrogen-bond donors (Lipinski definition) is 2. The topological polar surface area (TPSA) is 55.9 Å². The van der Waals surface area contributed by atoms with Gasteiger partial charge in [0.25, 0.3) is 5.91 Å². The quantitative estimate of drug-likeness (QED) is 0.810. The second-order valence-corrected chi connectivity index (χ2v) is 5.82. The van der Waals surface area contributed by atoms with Gasteiger partial charge in [-0.05, 0) is 43.7 Å². The van der Waals surface area contributed by atoms with Gasteiger partial charge < -0.3 is 19.4 Å². The lowest BCUT2D eigenvalue weighted by atomic mass is 10.2. The van der Waals surface area contributed by atoms with E-state index in [0.717, 1.165) is 27.7 Å². The van der Waals surface area contributed by atoms with Crippen molar-refractivity contribution < 1.29 is 18.8 Å². The van der Waals surface area contributed by atoms with E-state index in [-0.39, 0.29) is 11.9 Å². The van der Waals surface area contributed by atoms with Gasteiger partial charge in [-0.3, -0.25) is 4.79 Å². The second kappa shape index (κ2) is 7.83. The van der Waals surface area contributed by atoms with Gasteiger partial charge in [-0.2, -0.15) is 0 Å². The van der Waals surface area contributed by atoms with Crippen molar-refractivity contribution in [2.45, 2.75) is 33.0 Å². The van der Waals surface area contributed by atoms with Crippen LogP contribution in [0.3, 0.4) is 0 Å². The first kappa shape index (κ1) is 17.1. The van der Waals surface area contributed by atoms with Gasteiger partial charge in [0.05, 0.1) is 14.2 Å². The zero-order valence-corrected chi connectivity index (χ0v) is 14.2. The van der Waals surface area contributed by atoms with Gasteiger partial charge in [0.1, 0.15) is 18.1 Å². The number of hydrogen-bond acceptors (Lipinski definition) is 3. The van der Waals surface area contributed by atoms with Crippen LogP contribution in [0.2, 0.25) is 0 Å². The maximum absolute atomic E-state index is 12.3. The molecule has 0 radical (unpaired) electrons. The van der Waals surface area contributed by atoms with Crippen LogP contribution in [0.15, 0.2) is 40.8 Å². The Labute approximate surface area is 137 Å². The van der Waals surface area contributed by atoms with Crippen molar-refractivity contribution in [2.75, 3.05) is 14.2 Å². The standard InChI is InChI=1S/C18H24N2O3/c1-13-5-8-17(23-13)12-20(3)14(2)18(21)19-11-15-6-9-16(22-4)10-7-15/h5-10,14H,11-12H2,1-4H3,(H,19,21)/p+1/t14-/m0/s1. The third-order valence-corrected chi connectivity index (χ3v) is 4.01. The number of furan rings is 1. The molecule has 0 saturated carbocycles. The molecule has 1 heterocycles. The summed E-state index contributed by atoms with van der Waals surface area (Å²) in [6.45, 7) is 5.05. The molecule has 0 aliphatic rings. The Bertz CT molecular complexity index is 634. The summed E-state index contributed by atoms with van der Waals surface area (Å²) in [5.41, 5.74) is 1.05. The number of carbonyl (C=O) groups is 1. The predicted molar refractivity (Wildman–Crippen MR) is 88.3 cm³/mol. The number of amides is 1. The molecule has 2 aromatic rings. The number of nitrogens with one attached hydrogen (secondary N) is 2. The lowest BCUT2D eigenvalue weighted by Gasteiger charge is -2.20. The Morgan fingerprint density at radius 3 is 2.52 bits per heavy atom. The minimum atomic E-state index is -0.154. The molecule has 1 unspecified atom stereocenters. The fourth-order valence-corrected chi connectivity index (χ4v) is 2.32. The molecule has 5 nitrogen and oxygen atoms in total. The summed E-state index contributed by atoms with van der Waals surface area (Å²) >= 11 is 0. The maximum atomic E-state index is 12.3. The van der Waals surface area contributed by atoms with Gasteiger partial charge in [-0.15, -0.1) is 0 Å². The molecule has 2 N–H and O–H groups in total. The molecule has 0 spiro atoms. The van der Waals surface area contributed by atoms with E-state index in [4.69, 9.17) is 9.15 Å². The van der Waals surface area contributed by atoms with Crippen LogP contribution in [-0.2, 0) is 17.9 Å². The van der Waals surface area contributed by atoms with E-state index in [1.54, 1.807) is 7.11 Å². The normalized spacial score (nSPS) is 13.4. The van der Waals surface area contributed by atoms with Gasteiger partial charge in [0.15, 0.2) is 11.8 Å². The number of methoxy groups -OCH3 is 1. The van der Waals surface area contributed by atoms with Crippen LogP contribution >= 0.6 is 0 Å². The molecule has 1 aromatic carbocycles. The van der Waals surface area contributed by atoms with Crippen LogP contribution in [0.5, 0.6) is 5.75 Å². The van der Waals surface area contributed by atoms with Crippen molar-refractivity contribution >= 4 is 5.91 Å². The molecule has 124 valence electrons. The zero-order chi connectivity index (χ0) is 16.8. The Balaban J connectivity index is 1.83. The highest BCUT2D eigenvalue weighted by Crippen LogP contribution is 2.10. The van der Waals surface area contributed by atoms with Crippen molar-refractivity contribution in [3.05, 3.63) is 53.5 Å². The summed E-state index contributed by atoms with van der Waals surface area (Å²) in [7, 11) is 3.63. The van der Waals surface area contributed by atoms with E-state index in [9.17, 15) is 4.79 Å². The average Bonchev–Trinajstić information content (AvgIpc) is 2.97. The first-order chi connectivity index (χ1) is 11.0. The van der Waals surface area contributed by atoms with E-state index >= 15 is 0 Å². The Morgan fingerprint density at radius 1 is 1.26 bits per heavy atom. The molecule has 2 atom stereocenters. The van der Waals surface area contributed by atoms with E-state index in [2.05, 4.69) is 5.32 Å². The second-order valence-electron chi connectivity index (χ2n) is 5.82. The predicted octanol–water partition coefficient (Wildman–Crippen LogP) is 1.32. The monoisotopic (exact) mass is 317 g/mol. The van der Waals surface area contributed by atoms with Crippen LogP contribution in [0.4, 0.5) is 0 Å². The lowest BCUT2D eigenvalue weighted by Crippen LogP contribution is -3.12. The Hall–Kier alpha value is -2.27. The number of ether oxygens (including phenoxy) is 1. The summed E-state index contributed by atoms with van der Waals surface area (Å²) in [6.07, 6.45) is 0. The lowest BCUT2D eigenvalue weighted by molar-refractivity contribution is -0.909. The minimum Gasteiger partial charge on any atom is -0.497 e. The highest BCUT2D eigenvalue weighted by molar-refractivity contribution is 5.79. The highest BCUT2D eigenvalue weighted by atomic mass is 16.5. The van der Waals surface area contributed by atoms with Gasteiger partial charge in [0, 0.05) is 6.54 Å². The Kier molecular flexibility index (Phi) is 5.82. The van der Waals surface area contributed by atoms with Gasteiger partial charge >= 0.3 is 0 Å². The van der Waals surface area contributed by atoms with E-state index in [1.807, 2.05) is 57.3 Å². The molecule has 1 amide bonds. The van der Waals surface area contributed by atoms with Gasteiger partial charge in [-0.25, -0.2) is 0 Å². The van der Waals surface area contributed by atoms with Crippen LogP contribution in [-0.4, -0.2) is 26.1 Å². The summed E-state index contributed by atoms with van der Waals surface area (Å²) < 4.78 is 10.7. The largest absolute Gasteiger partial charge is 0.497 e. The molecule has 23 heavy (non-hydrogen) atoms. The molecule has 0 saturated heterocycles. The highest BCUT2D eigenvalue weighted by Gasteiger charge is 2.22. The first-order valence-corrected chi connectivity index (χ1v) is 7.78. The summed E-state index contributed by atoms with van der Waals surface area (Å²) in [4.78, 5) is 13.4. The number of quaternary nitrogens is 1. The van der Waals surface area contributed by atoms with Crippen molar-refractivity contribution in [1.29, 1.82) is 0 Å². The van der Waals surface area contributed by atoms with E-state index in [0.29, 0.717) is 13.1 Å². The maximum Gasteiger partial charge on any atom is 0.278 e. The van der Waals surface area contributed by atoms with Crippen molar-refractivity contribution in [2.24, 2.45) is 0 Å². The third kappa shape index (κ3) is 4.86. The fourth-order valence-electron chi connectivity index (χ4n) is 2.32. The van der Waals surface area contributed by atoms with Crippen molar-refractivity contribution in [3.63, 3.8) is 0 Å². The average molecular weight is 317 g/mol. The van der Waals surface area contributed by atoms with Crippen LogP contribution in [0.25, 0.3) is 0 Å². The first-order valence-electron chi connectivity index (χ1n) is 7.78. The summed E-state index contributed by atoms with van der Waals surface area (Å²) in [5, 5.41) is 2.98. The number of likely N-dealkylation sites (N-methyl/N-ethyl adjacent to an activating group) is 1. The molecular weight excluding hydrogens is 292 g/mol. The number of rotatable bonds is 7. The third-order valence-electron chi connectivity index (χ3n) is 4.01. The van der Waals surface area contributed by atoms with Crippen LogP contribution < -0.4 is 15.0 Å². The molecule has 5 heteroatoms. The SMILES string of the molecule is COc1ccc(CNC(=O)[C@H](C)[NH+](C)Cc2ccc(C)o2)cc1. The number of benzene rings is 1. The zero-order valence-electron chi connectivity index (χ0n) is 14.2. The summed E-state index contributed by atoms with van der Waals surface area (Å²) in [5.74, 6) is 2.63. The molecular formula is C18H25N2O3+. The minimum absolute atomic E-state index is 0.0293. The van der Waals surface area contributed by atoms with Crippen LogP contribution in [0, 0.1) is 6.92 Å². The van der Waals surface area contributed by atoms with Crippen molar-refractivity contribution in [1.82, 2.24) is 5.32 Å². The molecule has 2 rings (SSSR count). The van der Waals surface area contributed by atoms with E-state index in [1.165, 1.54) is 0 Å². The molecule has 0 aliphatic heterocycles. The molecule has 0 aliphatic carbocycles. The van der Waals surface area contributed by atoms with Gasteiger partial charge in [0.2, 0.25) is 0 Å². The summed E-state index contributed by atoms with van der Waals surface area (Å²) in [6, 6.07) is 11.4. The Morgan fingerprint density at radius 2 is 1.96 bits per heavy atom. The molecule has 0 fully saturated rings. The molecule has 1 aromatic heterocycles. The van der Waals surface area contributed by atoms with E-state index < -0.39 is 0 Å². The number of carbonyl (C=O) groups excluding carboxylic acids is 1.